The van der Waals surface area contributed by atoms with Gasteiger partial charge in [0.25, 0.3) is 0 Å². The Kier molecular flexibility index (Phi) is 3.03. The summed E-state index contributed by atoms with van der Waals surface area (Å²) in [5.74, 6) is 0.828. The Labute approximate surface area is 110 Å². The first-order valence-electron chi connectivity index (χ1n) is 6.19. The van der Waals surface area contributed by atoms with Crippen molar-refractivity contribution in [1.82, 2.24) is 9.97 Å². The van der Waals surface area contributed by atoms with Crippen LogP contribution in [0.3, 0.4) is 0 Å². The zero-order valence-electron chi connectivity index (χ0n) is 10.6. The normalized spacial score (nSPS) is 14.2. The molecule has 1 N–H and O–H groups in total. The van der Waals surface area contributed by atoms with Gasteiger partial charge in [0, 0.05) is 17.7 Å². The highest BCUT2D eigenvalue weighted by Gasteiger charge is 2.29. The van der Waals surface area contributed by atoms with Crippen molar-refractivity contribution in [1.29, 1.82) is 0 Å². The van der Waals surface area contributed by atoms with E-state index in [1.165, 1.54) is 6.33 Å². The summed E-state index contributed by atoms with van der Waals surface area (Å²) in [7, 11) is 1.59. The van der Waals surface area contributed by atoms with Gasteiger partial charge in [0.1, 0.15) is 12.1 Å². The van der Waals surface area contributed by atoms with Crippen molar-refractivity contribution < 1.29 is 9.13 Å². The fourth-order valence-electron chi connectivity index (χ4n) is 1.95. The second kappa shape index (κ2) is 4.84. The molecule has 1 aromatic carbocycles. The third kappa shape index (κ3) is 2.50. The molecule has 0 unspecified atom stereocenters. The van der Waals surface area contributed by atoms with E-state index in [0.717, 1.165) is 18.5 Å². The average molecular weight is 259 g/mol. The molecule has 1 aliphatic carbocycles. The largest absolute Gasteiger partial charge is 0.497 e. The van der Waals surface area contributed by atoms with Gasteiger partial charge in [-0.2, -0.15) is 0 Å². The van der Waals surface area contributed by atoms with Crippen LogP contribution in [-0.2, 0) is 0 Å². The number of rotatable bonds is 4. The third-order valence-electron chi connectivity index (χ3n) is 3.11. The van der Waals surface area contributed by atoms with E-state index in [2.05, 4.69) is 15.3 Å². The first kappa shape index (κ1) is 11.9. The van der Waals surface area contributed by atoms with Crippen LogP contribution in [-0.4, -0.2) is 17.1 Å². The number of methoxy groups -OCH3 is 1. The Morgan fingerprint density at radius 1 is 1.32 bits per heavy atom. The lowest BCUT2D eigenvalue weighted by Gasteiger charge is -2.09. The lowest BCUT2D eigenvalue weighted by Crippen LogP contribution is -2.02. The van der Waals surface area contributed by atoms with Gasteiger partial charge in [-0.25, -0.2) is 14.4 Å². The summed E-state index contributed by atoms with van der Waals surface area (Å²) in [5, 5.41) is 2.96. The third-order valence-corrected chi connectivity index (χ3v) is 3.11. The number of aromatic nitrogens is 2. The minimum atomic E-state index is -0.354. The smallest absolute Gasteiger partial charge is 0.187 e. The van der Waals surface area contributed by atoms with Gasteiger partial charge in [0.15, 0.2) is 11.6 Å². The van der Waals surface area contributed by atoms with E-state index >= 15 is 0 Å². The van der Waals surface area contributed by atoms with Crippen LogP contribution in [0.15, 0.2) is 30.6 Å². The highest BCUT2D eigenvalue weighted by molar-refractivity contribution is 5.59. The van der Waals surface area contributed by atoms with Crippen molar-refractivity contribution in [3.05, 3.63) is 42.1 Å². The molecule has 19 heavy (non-hydrogen) atoms. The molecule has 1 aromatic heterocycles. The monoisotopic (exact) mass is 259 g/mol. The fraction of sp³-hybridized carbons (Fsp3) is 0.286. The number of benzene rings is 1. The molecule has 0 aliphatic heterocycles. The Morgan fingerprint density at radius 2 is 2.16 bits per heavy atom. The van der Waals surface area contributed by atoms with Crippen molar-refractivity contribution in [2.45, 2.75) is 18.8 Å². The lowest BCUT2D eigenvalue weighted by atomic mass is 10.2. The number of hydrogen-bond acceptors (Lipinski definition) is 4. The van der Waals surface area contributed by atoms with Gasteiger partial charge in [-0.05, 0) is 25.0 Å². The van der Waals surface area contributed by atoms with Crippen LogP contribution < -0.4 is 10.1 Å². The zero-order valence-corrected chi connectivity index (χ0v) is 10.6. The van der Waals surface area contributed by atoms with Crippen LogP contribution in [0.25, 0.3) is 0 Å². The topological polar surface area (TPSA) is 47.0 Å². The van der Waals surface area contributed by atoms with Gasteiger partial charge in [0.05, 0.1) is 12.8 Å². The minimum Gasteiger partial charge on any atom is -0.497 e. The number of nitrogens with zero attached hydrogens (tertiary/aromatic N) is 2. The second-order valence-electron chi connectivity index (χ2n) is 4.55. The summed E-state index contributed by atoms with van der Waals surface area (Å²) < 4.78 is 19.3. The molecule has 5 heteroatoms. The molecule has 0 bridgehead atoms. The number of hydrogen-bond donors (Lipinski definition) is 1. The Hall–Kier alpha value is -2.17. The summed E-state index contributed by atoms with van der Waals surface area (Å²) in [4.78, 5) is 7.99. The predicted octanol–water partition coefficient (Wildman–Crippen LogP) is 3.25. The molecule has 4 nitrogen and oxygen atoms in total. The van der Waals surface area contributed by atoms with Crippen LogP contribution in [0, 0.1) is 5.82 Å². The first-order valence-corrected chi connectivity index (χ1v) is 6.19. The molecule has 1 heterocycles. The maximum absolute atomic E-state index is 14.2. The van der Waals surface area contributed by atoms with Gasteiger partial charge < -0.3 is 10.1 Å². The molecule has 1 fully saturated rings. The van der Waals surface area contributed by atoms with Crippen molar-refractivity contribution in [2.75, 3.05) is 12.4 Å². The van der Waals surface area contributed by atoms with Gasteiger partial charge in [-0.1, -0.05) is 6.07 Å². The maximum atomic E-state index is 14.2. The maximum Gasteiger partial charge on any atom is 0.187 e. The Morgan fingerprint density at radius 3 is 2.89 bits per heavy atom. The molecule has 0 atom stereocenters. The predicted molar refractivity (Wildman–Crippen MR) is 70.2 cm³/mol. The summed E-state index contributed by atoms with van der Waals surface area (Å²) in [5.41, 5.74) is 1.25. The highest BCUT2D eigenvalue weighted by Crippen LogP contribution is 2.41. The van der Waals surface area contributed by atoms with E-state index in [-0.39, 0.29) is 17.6 Å². The molecule has 0 spiro atoms. The number of ether oxygens (including phenoxy) is 1. The highest BCUT2D eigenvalue weighted by atomic mass is 19.1. The Balaban J connectivity index is 1.88. The Bertz CT molecular complexity index is 599. The van der Waals surface area contributed by atoms with Gasteiger partial charge in [-0.3, -0.25) is 0 Å². The lowest BCUT2D eigenvalue weighted by molar-refractivity contribution is 0.415. The molecule has 0 saturated heterocycles. The van der Waals surface area contributed by atoms with Gasteiger partial charge in [0.2, 0.25) is 0 Å². The van der Waals surface area contributed by atoms with Crippen LogP contribution in [0.2, 0.25) is 0 Å². The number of halogens is 1. The molecule has 1 saturated carbocycles. The fourth-order valence-corrected chi connectivity index (χ4v) is 1.95. The van der Waals surface area contributed by atoms with Crippen LogP contribution >= 0.6 is 0 Å². The first-order chi connectivity index (χ1) is 9.28. The summed E-state index contributed by atoms with van der Waals surface area (Å²) in [6.07, 6.45) is 3.41. The molecule has 1 aliphatic rings. The number of nitrogens with one attached hydrogen (secondary N) is 1. The zero-order chi connectivity index (χ0) is 13.2. The van der Waals surface area contributed by atoms with E-state index in [9.17, 15) is 4.39 Å². The number of anilines is 2. The summed E-state index contributed by atoms with van der Waals surface area (Å²) in [6.45, 7) is 0. The van der Waals surface area contributed by atoms with E-state index < -0.39 is 0 Å². The second-order valence-corrected chi connectivity index (χ2v) is 4.55. The summed E-state index contributed by atoms with van der Waals surface area (Å²) >= 11 is 0. The van der Waals surface area contributed by atoms with Crippen LogP contribution in [0.1, 0.15) is 24.5 Å². The van der Waals surface area contributed by atoms with Crippen LogP contribution in [0.5, 0.6) is 5.75 Å². The van der Waals surface area contributed by atoms with Crippen molar-refractivity contribution in [3.63, 3.8) is 0 Å². The van der Waals surface area contributed by atoms with Crippen molar-refractivity contribution >= 4 is 11.5 Å². The van der Waals surface area contributed by atoms with E-state index in [0.29, 0.717) is 11.4 Å². The molecule has 2 aromatic rings. The molecular formula is C14H14FN3O. The average Bonchev–Trinajstić information content (AvgIpc) is 3.26. The quantitative estimate of drug-likeness (QED) is 0.915. The molecular weight excluding hydrogens is 245 g/mol. The molecule has 0 radical (unpaired) electrons. The summed E-state index contributed by atoms with van der Waals surface area (Å²) in [6, 6.07) is 7.29. The van der Waals surface area contributed by atoms with Gasteiger partial charge >= 0.3 is 0 Å². The van der Waals surface area contributed by atoms with Gasteiger partial charge in [-0.15, -0.1) is 0 Å². The standard InChI is InChI=1S/C14H14FN3O/c1-19-11-4-2-3-10(7-11)18-14-12(15)13(9-5-6-9)16-8-17-14/h2-4,7-9H,5-6H2,1H3,(H,16,17,18). The minimum absolute atomic E-state index is 0.213. The SMILES string of the molecule is COc1cccc(Nc2ncnc(C3CC3)c2F)c1. The molecule has 3 rings (SSSR count). The van der Waals surface area contributed by atoms with Crippen molar-refractivity contribution in [3.8, 4) is 5.75 Å². The van der Waals surface area contributed by atoms with E-state index in [1.54, 1.807) is 13.2 Å². The van der Waals surface area contributed by atoms with E-state index in [4.69, 9.17) is 4.74 Å². The molecule has 98 valence electrons. The molecule has 0 amide bonds. The van der Waals surface area contributed by atoms with E-state index in [1.807, 2.05) is 18.2 Å². The van der Waals surface area contributed by atoms with Crippen LogP contribution in [0.4, 0.5) is 15.9 Å². The van der Waals surface area contributed by atoms with Crippen molar-refractivity contribution in [2.24, 2.45) is 0 Å².